The van der Waals surface area contributed by atoms with Crippen molar-refractivity contribution in [2.24, 2.45) is 4.99 Å². The van der Waals surface area contributed by atoms with E-state index in [1.54, 1.807) is 0 Å². The molecule has 1 aliphatic rings. The Bertz CT molecular complexity index is 505. The average Bonchev–Trinajstić information content (AvgIpc) is 2.99. The number of aliphatic imine (C=N–C) groups is 1. The van der Waals surface area contributed by atoms with Crippen molar-refractivity contribution in [3.8, 4) is 0 Å². The Morgan fingerprint density at radius 3 is 2.62 bits per heavy atom. The fourth-order valence-electron chi connectivity index (χ4n) is 1.62. The summed E-state index contributed by atoms with van der Waals surface area (Å²) in [4.78, 5) is 23.4. The second-order valence-corrected chi connectivity index (χ2v) is 3.66. The molecule has 0 heterocycles. The van der Waals surface area contributed by atoms with E-state index in [0.717, 1.165) is 12.1 Å². The Kier molecular flexibility index (Phi) is 2.29. The molecule has 0 spiro atoms. The average molecular weight is 222 g/mol. The van der Waals surface area contributed by atoms with Crippen molar-refractivity contribution < 1.29 is 14.1 Å². The zero-order valence-electron chi connectivity index (χ0n) is 8.14. The van der Waals surface area contributed by atoms with Crippen LogP contribution < -0.4 is 0 Å². The molecule has 1 aromatic rings. The van der Waals surface area contributed by atoms with E-state index in [1.165, 1.54) is 12.1 Å². The van der Waals surface area contributed by atoms with Gasteiger partial charge in [0.2, 0.25) is 11.9 Å². The minimum absolute atomic E-state index is 0.485. The van der Waals surface area contributed by atoms with Gasteiger partial charge in [-0.1, -0.05) is 0 Å². The maximum absolute atomic E-state index is 13.3. The summed E-state index contributed by atoms with van der Waals surface area (Å²) in [5.41, 5.74) is -0.786. The van der Waals surface area contributed by atoms with Gasteiger partial charge in [-0.2, -0.15) is 9.38 Å². The van der Waals surface area contributed by atoms with Crippen LogP contribution in [-0.4, -0.2) is 11.0 Å². The SMILES string of the molecule is O=C=NC1(c2ccc([N+](=O)[O-])c(F)c2)CC1. The molecule has 0 aromatic heterocycles. The molecule has 5 nitrogen and oxygen atoms in total. The molecular weight excluding hydrogens is 215 g/mol. The third-order valence-electron chi connectivity index (χ3n) is 2.66. The number of hydrogen-bond acceptors (Lipinski definition) is 4. The minimum atomic E-state index is -0.908. The smallest absolute Gasteiger partial charge is 0.258 e. The van der Waals surface area contributed by atoms with E-state index in [-0.39, 0.29) is 0 Å². The van der Waals surface area contributed by atoms with Gasteiger partial charge in [-0.05, 0) is 30.5 Å². The van der Waals surface area contributed by atoms with Gasteiger partial charge in [0.1, 0.15) is 0 Å². The lowest BCUT2D eigenvalue weighted by atomic mass is 10.1. The first kappa shape index (κ1) is 10.4. The number of nitro groups is 1. The highest BCUT2D eigenvalue weighted by Crippen LogP contribution is 2.49. The van der Waals surface area contributed by atoms with Crippen LogP contribution >= 0.6 is 0 Å². The number of benzene rings is 1. The molecule has 1 aliphatic carbocycles. The van der Waals surface area contributed by atoms with Crippen LogP contribution in [0.1, 0.15) is 18.4 Å². The minimum Gasteiger partial charge on any atom is -0.258 e. The molecule has 0 unspecified atom stereocenters. The Labute approximate surface area is 89.8 Å². The van der Waals surface area contributed by atoms with Crippen molar-refractivity contribution in [3.05, 3.63) is 39.7 Å². The summed E-state index contributed by atoms with van der Waals surface area (Å²) in [6.45, 7) is 0. The Morgan fingerprint density at radius 1 is 1.50 bits per heavy atom. The summed E-state index contributed by atoms with van der Waals surface area (Å²) < 4.78 is 13.3. The molecule has 16 heavy (non-hydrogen) atoms. The summed E-state index contributed by atoms with van der Waals surface area (Å²) in [6, 6.07) is 3.58. The highest BCUT2D eigenvalue weighted by atomic mass is 19.1. The zero-order valence-corrected chi connectivity index (χ0v) is 8.14. The van der Waals surface area contributed by atoms with E-state index in [0.29, 0.717) is 18.4 Å². The van der Waals surface area contributed by atoms with Gasteiger partial charge in [-0.25, -0.2) is 4.79 Å². The van der Waals surface area contributed by atoms with Crippen molar-refractivity contribution in [1.29, 1.82) is 0 Å². The number of nitro benzene ring substituents is 1. The van der Waals surface area contributed by atoms with Crippen molar-refractivity contribution in [1.82, 2.24) is 0 Å². The number of hydrogen-bond donors (Lipinski definition) is 0. The molecule has 0 aliphatic heterocycles. The molecule has 82 valence electrons. The molecule has 0 saturated heterocycles. The standard InChI is InChI=1S/C10H7FN2O3/c11-8-5-7(1-2-9(8)13(15)16)10(3-4-10)12-6-14/h1-2,5H,3-4H2. The quantitative estimate of drug-likeness (QED) is 0.340. The maximum atomic E-state index is 13.3. The molecule has 0 atom stereocenters. The van der Waals surface area contributed by atoms with Crippen LogP contribution in [0.3, 0.4) is 0 Å². The highest BCUT2D eigenvalue weighted by Gasteiger charge is 2.45. The van der Waals surface area contributed by atoms with Crippen LogP contribution in [0, 0.1) is 15.9 Å². The summed E-state index contributed by atoms with van der Waals surface area (Å²) in [6.07, 6.45) is 2.72. The van der Waals surface area contributed by atoms with Crippen molar-refractivity contribution >= 4 is 11.8 Å². The molecule has 6 heteroatoms. The van der Waals surface area contributed by atoms with E-state index >= 15 is 0 Å². The fourth-order valence-corrected chi connectivity index (χ4v) is 1.62. The molecule has 0 amide bonds. The lowest BCUT2D eigenvalue weighted by Gasteiger charge is -2.07. The van der Waals surface area contributed by atoms with Crippen LogP contribution in [0.25, 0.3) is 0 Å². The van der Waals surface area contributed by atoms with Crippen molar-refractivity contribution in [2.45, 2.75) is 18.4 Å². The molecule has 0 bridgehead atoms. The van der Waals surface area contributed by atoms with Gasteiger partial charge in [0.15, 0.2) is 0 Å². The van der Waals surface area contributed by atoms with Gasteiger partial charge in [0, 0.05) is 6.07 Å². The molecular formula is C10H7FN2O3. The molecule has 1 aromatic carbocycles. The van der Waals surface area contributed by atoms with Gasteiger partial charge in [0.05, 0.1) is 10.5 Å². The van der Waals surface area contributed by atoms with E-state index in [9.17, 15) is 19.3 Å². The Morgan fingerprint density at radius 2 is 2.19 bits per heavy atom. The van der Waals surface area contributed by atoms with Gasteiger partial charge in [0.25, 0.3) is 0 Å². The maximum Gasteiger partial charge on any atom is 0.304 e. The van der Waals surface area contributed by atoms with Gasteiger partial charge >= 0.3 is 5.69 Å². The van der Waals surface area contributed by atoms with E-state index < -0.39 is 22.0 Å². The van der Waals surface area contributed by atoms with Crippen LogP contribution in [0.4, 0.5) is 10.1 Å². The topological polar surface area (TPSA) is 72.6 Å². The first-order valence-corrected chi connectivity index (χ1v) is 4.62. The molecule has 1 saturated carbocycles. The molecule has 2 rings (SSSR count). The third kappa shape index (κ3) is 1.59. The zero-order chi connectivity index (χ0) is 11.8. The number of rotatable bonds is 3. The number of halogens is 1. The van der Waals surface area contributed by atoms with Crippen LogP contribution in [0.5, 0.6) is 0 Å². The van der Waals surface area contributed by atoms with E-state index in [1.807, 2.05) is 0 Å². The number of isocyanates is 1. The predicted molar refractivity (Wildman–Crippen MR) is 52.1 cm³/mol. The molecule has 1 fully saturated rings. The highest BCUT2D eigenvalue weighted by molar-refractivity contribution is 5.44. The van der Waals surface area contributed by atoms with Crippen molar-refractivity contribution in [3.63, 3.8) is 0 Å². The molecule has 0 radical (unpaired) electrons. The number of nitrogens with zero attached hydrogens (tertiary/aromatic N) is 2. The van der Waals surface area contributed by atoms with Gasteiger partial charge in [-0.3, -0.25) is 10.1 Å². The Balaban J connectivity index is 2.42. The first-order chi connectivity index (χ1) is 7.59. The summed E-state index contributed by atoms with van der Waals surface area (Å²) in [7, 11) is 0. The van der Waals surface area contributed by atoms with Gasteiger partial charge < -0.3 is 0 Å². The predicted octanol–water partition coefficient (Wildman–Crippen LogP) is 2.06. The summed E-state index contributed by atoms with van der Waals surface area (Å²) in [5, 5.41) is 10.4. The largest absolute Gasteiger partial charge is 0.304 e. The van der Waals surface area contributed by atoms with Crippen LogP contribution in [0.15, 0.2) is 23.2 Å². The monoisotopic (exact) mass is 222 g/mol. The summed E-state index contributed by atoms with van der Waals surface area (Å²) in [5.74, 6) is -0.908. The van der Waals surface area contributed by atoms with Gasteiger partial charge in [-0.15, -0.1) is 0 Å². The third-order valence-corrected chi connectivity index (χ3v) is 2.66. The van der Waals surface area contributed by atoms with Crippen LogP contribution in [0.2, 0.25) is 0 Å². The summed E-state index contributed by atoms with van der Waals surface area (Å²) >= 11 is 0. The fraction of sp³-hybridized carbons (Fsp3) is 0.300. The molecule has 0 N–H and O–H groups in total. The van der Waals surface area contributed by atoms with E-state index in [4.69, 9.17) is 0 Å². The second-order valence-electron chi connectivity index (χ2n) is 3.66. The Hall–Kier alpha value is -2.07. The first-order valence-electron chi connectivity index (χ1n) is 4.62. The second kappa shape index (κ2) is 3.50. The lowest BCUT2D eigenvalue weighted by molar-refractivity contribution is -0.387. The normalized spacial score (nSPS) is 16.3. The lowest BCUT2D eigenvalue weighted by Crippen LogP contribution is -2.04. The van der Waals surface area contributed by atoms with E-state index in [2.05, 4.69) is 4.99 Å². The van der Waals surface area contributed by atoms with Crippen LogP contribution in [-0.2, 0) is 10.3 Å². The van der Waals surface area contributed by atoms with Crippen molar-refractivity contribution in [2.75, 3.05) is 0 Å². The number of carbonyl (C=O) groups excluding carboxylic acids is 1.